The lowest BCUT2D eigenvalue weighted by atomic mass is 9.96. The number of hydrogen-bond donors (Lipinski definition) is 1. The highest BCUT2D eigenvalue weighted by atomic mass is 16.5. The van der Waals surface area contributed by atoms with Gasteiger partial charge in [0.2, 0.25) is 0 Å². The quantitative estimate of drug-likeness (QED) is 0.897. The van der Waals surface area contributed by atoms with Gasteiger partial charge in [0, 0.05) is 25.1 Å². The Morgan fingerprint density at radius 3 is 2.79 bits per heavy atom. The van der Waals surface area contributed by atoms with Crippen molar-refractivity contribution in [3.63, 3.8) is 0 Å². The summed E-state index contributed by atoms with van der Waals surface area (Å²) in [5.74, 6) is 2.11. The number of hydrogen-bond acceptors (Lipinski definition) is 4. The zero-order valence-corrected chi connectivity index (χ0v) is 11.4. The molecule has 2 aliphatic rings. The summed E-state index contributed by atoms with van der Waals surface area (Å²) in [5.41, 5.74) is 0.481. The zero-order chi connectivity index (χ0) is 13.2. The van der Waals surface area contributed by atoms with Crippen LogP contribution in [0.1, 0.15) is 47.8 Å². The molecule has 5 heteroatoms. The molecular weight excluding hydrogens is 242 g/mol. The highest BCUT2D eigenvalue weighted by molar-refractivity contribution is 5.92. The largest absolute Gasteiger partial charge is 0.360 e. The first-order valence-electron chi connectivity index (χ1n) is 7.18. The summed E-state index contributed by atoms with van der Waals surface area (Å²) in [5, 5.41) is 7.13. The van der Waals surface area contributed by atoms with Gasteiger partial charge in [0.25, 0.3) is 5.91 Å². The van der Waals surface area contributed by atoms with Gasteiger partial charge in [0.05, 0.1) is 0 Å². The first-order chi connectivity index (χ1) is 9.28. The van der Waals surface area contributed by atoms with E-state index in [9.17, 15) is 4.79 Å². The van der Waals surface area contributed by atoms with Gasteiger partial charge in [-0.3, -0.25) is 4.79 Å². The molecule has 1 amide bonds. The van der Waals surface area contributed by atoms with Crippen LogP contribution in [0.15, 0.2) is 10.6 Å². The van der Waals surface area contributed by atoms with Crippen molar-refractivity contribution in [2.45, 2.75) is 31.6 Å². The Labute approximate surface area is 113 Å². The third kappa shape index (κ3) is 2.81. The normalized spacial score (nSPS) is 20.8. The second kappa shape index (κ2) is 5.33. The number of carbonyl (C=O) groups excluding carboxylic acids is 1. The van der Waals surface area contributed by atoms with Crippen LogP contribution in [0.25, 0.3) is 0 Å². The average molecular weight is 263 g/mol. The summed E-state index contributed by atoms with van der Waals surface area (Å²) in [7, 11) is 1.98. The lowest BCUT2D eigenvalue weighted by Gasteiger charge is -2.31. The van der Waals surface area contributed by atoms with Gasteiger partial charge in [-0.15, -0.1) is 0 Å². The van der Waals surface area contributed by atoms with E-state index in [0.717, 1.165) is 51.1 Å². The van der Waals surface area contributed by atoms with Gasteiger partial charge in [-0.25, -0.2) is 0 Å². The van der Waals surface area contributed by atoms with Crippen LogP contribution < -0.4 is 5.32 Å². The molecule has 1 aliphatic heterocycles. The van der Waals surface area contributed by atoms with Gasteiger partial charge in [-0.1, -0.05) is 5.16 Å². The predicted octanol–water partition coefficient (Wildman–Crippen LogP) is 1.62. The van der Waals surface area contributed by atoms with Crippen molar-refractivity contribution in [3.8, 4) is 0 Å². The minimum Gasteiger partial charge on any atom is -0.360 e. The Hall–Kier alpha value is -1.36. The minimum absolute atomic E-state index is 0.0264. The Kier molecular flexibility index (Phi) is 3.55. The van der Waals surface area contributed by atoms with Gasteiger partial charge >= 0.3 is 0 Å². The van der Waals surface area contributed by atoms with Crippen molar-refractivity contribution in [2.24, 2.45) is 5.92 Å². The van der Waals surface area contributed by atoms with Crippen LogP contribution in [0.5, 0.6) is 0 Å². The summed E-state index contributed by atoms with van der Waals surface area (Å²) >= 11 is 0. The molecule has 1 aromatic rings. The van der Waals surface area contributed by atoms with Crippen LogP contribution in [0, 0.1) is 5.92 Å². The second-order valence-corrected chi connectivity index (χ2v) is 5.68. The first kappa shape index (κ1) is 12.7. The molecule has 1 aliphatic carbocycles. The maximum Gasteiger partial charge on any atom is 0.276 e. The first-order valence-corrected chi connectivity index (χ1v) is 7.18. The van der Waals surface area contributed by atoms with Gasteiger partial charge in [-0.05, 0) is 45.2 Å². The molecule has 0 atom stereocenters. The van der Waals surface area contributed by atoms with Crippen molar-refractivity contribution in [1.29, 1.82) is 0 Å². The van der Waals surface area contributed by atoms with Crippen molar-refractivity contribution < 1.29 is 9.32 Å². The second-order valence-electron chi connectivity index (χ2n) is 5.68. The highest BCUT2D eigenvalue weighted by Gasteiger charge is 2.30. The van der Waals surface area contributed by atoms with Crippen LogP contribution in [0.2, 0.25) is 0 Å². The monoisotopic (exact) mass is 263 g/mol. The van der Waals surface area contributed by atoms with E-state index in [0.29, 0.717) is 17.5 Å². The lowest BCUT2D eigenvalue weighted by molar-refractivity contribution is 0.0680. The molecule has 5 nitrogen and oxygen atoms in total. The third-order valence-electron chi connectivity index (χ3n) is 4.12. The SMILES string of the molecule is CNCC1CCN(C(=O)c2cc(C3CC3)on2)CC1. The number of aromatic nitrogens is 1. The summed E-state index contributed by atoms with van der Waals surface area (Å²) in [4.78, 5) is 14.2. The zero-order valence-electron chi connectivity index (χ0n) is 11.4. The van der Waals surface area contributed by atoms with Crippen LogP contribution in [-0.4, -0.2) is 42.6 Å². The fraction of sp³-hybridized carbons (Fsp3) is 0.714. The van der Waals surface area contributed by atoms with E-state index in [1.807, 2.05) is 18.0 Å². The highest BCUT2D eigenvalue weighted by Crippen LogP contribution is 2.40. The molecule has 1 N–H and O–H groups in total. The Balaban J connectivity index is 1.57. The predicted molar refractivity (Wildman–Crippen MR) is 71.0 cm³/mol. The van der Waals surface area contributed by atoms with Gasteiger partial charge in [0.1, 0.15) is 5.76 Å². The molecule has 0 unspecified atom stereocenters. The molecule has 1 saturated carbocycles. The van der Waals surface area contributed by atoms with Crippen molar-refractivity contribution in [3.05, 3.63) is 17.5 Å². The van der Waals surface area contributed by atoms with Crippen LogP contribution in [-0.2, 0) is 0 Å². The Morgan fingerprint density at radius 1 is 1.42 bits per heavy atom. The number of rotatable bonds is 4. The number of carbonyl (C=O) groups is 1. The maximum absolute atomic E-state index is 12.3. The van der Waals surface area contributed by atoms with E-state index >= 15 is 0 Å². The standard InChI is InChI=1S/C14H21N3O2/c1-15-9-10-4-6-17(7-5-10)14(18)12-8-13(19-16-12)11-2-3-11/h8,10-11,15H,2-7,9H2,1H3. The van der Waals surface area contributed by atoms with E-state index in [2.05, 4.69) is 10.5 Å². The lowest BCUT2D eigenvalue weighted by Crippen LogP contribution is -2.40. The fourth-order valence-corrected chi connectivity index (χ4v) is 2.74. The van der Waals surface area contributed by atoms with E-state index in [-0.39, 0.29) is 5.91 Å². The molecular formula is C14H21N3O2. The van der Waals surface area contributed by atoms with Crippen molar-refractivity contribution >= 4 is 5.91 Å². The molecule has 0 bridgehead atoms. The minimum atomic E-state index is 0.0264. The van der Waals surface area contributed by atoms with Crippen LogP contribution in [0.3, 0.4) is 0 Å². The van der Waals surface area contributed by atoms with E-state index in [1.165, 1.54) is 0 Å². The summed E-state index contributed by atoms with van der Waals surface area (Å²) in [6.07, 6.45) is 4.47. The molecule has 0 radical (unpaired) electrons. The molecule has 2 heterocycles. The van der Waals surface area contributed by atoms with Gasteiger partial charge in [-0.2, -0.15) is 0 Å². The number of likely N-dealkylation sites (tertiary alicyclic amines) is 1. The van der Waals surface area contributed by atoms with E-state index in [1.54, 1.807) is 0 Å². The van der Waals surface area contributed by atoms with Crippen molar-refractivity contribution in [1.82, 2.24) is 15.4 Å². The Morgan fingerprint density at radius 2 is 2.16 bits per heavy atom. The van der Waals surface area contributed by atoms with E-state index < -0.39 is 0 Å². The fourth-order valence-electron chi connectivity index (χ4n) is 2.74. The molecule has 19 heavy (non-hydrogen) atoms. The van der Waals surface area contributed by atoms with Gasteiger partial charge < -0.3 is 14.7 Å². The van der Waals surface area contributed by atoms with Gasteiger partial charge in [0.15, 0.2) is 5.69 Å². The third-order valence-corrected chi connectivity index (χ3v) is 4.12. The number of nitrogens with zero attached hydrogens (tertiary/aromatic N) is 2. The Bertz CT molecular complexity index is 445. The molecule has 0 spiro atoms. The summed E-state index contributed by atoms with van der Waals surface area (Å²) in [6.45, 7) is 2.70. The van der Waals surface area contributed by atoms with E-state index in [4.69, 9.17) is 4.52 Å². The number of nitrogens with one attached hydrogen (secondary N) is 1. The maximum atomic E-state index is 12.3. The number of amides is 1. The molecule has 3 rings (SSSR count). The molecule has 1 aromatic heterocycles. The summed E-state index contributed by atoms with van der Waals surface area (Å²) in [6, 6.07) is 1.83. The summed E-state index contributed by atoms with van der Waals surface area (Å²) < 4.78 is 5.25. The van der Waals surface area contributed by atoms with Crippen molar-refractivity contribution in [2.75, 3.05) is 26.7 Å². The van der Waals surface area contributed by atoms with Crippen LogP contribution >= 0.6 is 0 Å². The van der Waals surface area contributed by atoms with Crippen LogP contribution in [0.4, 0.5) is 0 Å². The smallest absolute Gasteiger partial charge is 0.276 e. The molecule has 1 saturated heterocycles. The average Bonchev–Trinajstić information content (AvgIpc) is 3.17. The molecule has 2 fully saturated rings. The number of piperidine rings is 1. The molecule has 0 aromatic carbocycles. The molecule has 104 valence electrons. The topological polar surface area (TPSA) is 58.4 Å².